The van der Waals surface area contributed by atoms with E-state index in [9.17, 15) is 9.59 Å². The summed E-state index contributed by atoms with van der Waals surface area (Å²) in [7, 11) is 0. The summed E-state index contributed by atoms with van der Waals surface area (Å²) in [6.45, 7) is 12.5. The summed E-state index contributed by atoms with van der Waals surface area (Å²) < 4.78 is 5.76. The number of ether oxygens (including phenoxy) is 1. The van der Waals surface area contributed by atoms with Crippen LogP contribution in [0.5, 0.6) is 0 Å². The van der Waals surface area contributed by atoms with Crippen molar-refractivity contribution in [3.05, 3.63) is 11.6 Å². The zero-order valence-electron chi connectivity index (χ0n) is 22.6. The lowest BCUT2D eigenvalue weighted by Gasteiger charge is -2.58. The lowest BCUT2D eigenvalue weighted by Crippen LogP contribution is -2.51. The molecule has 0 radical (unpaired) electrons. The van der Waals surface area contributed by atoms with Crippen molar-refractivity contribution in [3.63, 3.8) is 0 Å². The van der Waals surface area contributed by atoms with Crippen LogP contribution in [0.3, 0.4) is 0 Å². The fourth-order valence-corrected chi connectivity index (χ4v) is 9.17. The van der Waals surface area contributed by atoms with Crippen molar-refractivity contribution in [1.82, 2.24) is 0 Å². The van der Waals surface area contributed by atoms with E-state index in [1.165, 1.54) is 51.4 Å². The first-order valence-electron chi connectivity index (χ1n) is 14.5. The van der Waals surface area contributed by atoms with Crippen molar-refractivity contribution >= 4 is 12.3 Å². The van der Waals surface area contributed by atoms with Crippen molar-refractivity contribution in [2.75, 3.05) is 0 Å². The number of aldehydes is 1. The molecule has 0 aliphatic heterocycles. The van der Waals surface area contributed by atoms with Crippen LogP contribution in [0.15, 0.2) is 11.6 Å². The maximum atomic E-state index is 12.1. The van der Waals surface area contributed by atoms with Crippen LogP contribution in [-0.4, -0.2) is 18.4 Å². The molecule has 4 rings (SSSR count). The van der Waals surface area contributed by atoms with E-state index in [4.69, 9.17) is 4.74 Å². The van der Waals surface area contributed by atoms with Crippen LogP contribution in [0.25, 0.3) is 0 Å². The molecule has 0 amide bonds. The Morgan fingerprint density at radius 1 is 1.09 bits per heavy atom. The largest absolute Gasteiger partial charge is 0.462 e. The van der Waals surface area contributed by atoms with Crippen molar-refractivity contribution < 1.29 is 14.3 Å². The normalized spacial score (nSPS) is 40.1. The van der Waals surface area contributed by atoms with Crippen LogP contribution in [0.4, 0.5) is 0 Å². The molecule has 4 aliphatic rings. The molecule has 0 aromatic heterocycles. The third-order valence-electron chi connectivity index (χ3n) is 11.0. The van der Waals surface area contributed by atoms with E-state index < -0.39 is 0 Å². The maximum Gasteiger partial charge on any atom is 0.306 e. The SMILES string of the molecule is CC(C)CCC[C@@H](C)[C@H]1CCC2C3CC=C4CC(OC(=O)CCC=O)CC[C@]4(C)C3CC[C@@]21C. The minimum Gasteiger partial charge on any atom is -0.462 e. The lowest BCUT2D eigenvalue weighted by atomic mass is 9.47. The highest BCUT2D eigenvalue weighted by Gasteiger charge is 2.59. The van der Waals surface area contributed by atoms with Gasteiger partial charge in [0.2, 0.25) is 0 Å². The molecule has 0 saturated heterocycles. The highest BCUT2D eigenvalue weighted by molar-refractivity contribution is 5.72. The van der Waals surface area contributed by atoms with E-state index in [-0.39, 0.29) is 30.3 Å². The predicted molar refractivity (Wildman–Crippen MR) is 138 cm³/mol. The Labute approximate surface area is 208 Å². The summed E-state index contributed by atoms with van der Waals surface area (Å²) in [5.41, 5.74) is 2.39. The Bertz CT molecular complexity index is 769. The van der Waals surface area contributed by atoms with Crippen LogP contribution in [0.1, 0.15) is 118 Å². The van der Waals surface area contributed by atoms with Crippen LogP contribution >= 0.6 is 0 Å². The number of rotatable bonds is 9. The molecule has 0 aromatic rings. The quantitative estimate of drug-likeness (QED) is 0.195. The van der Waals surface area contributed by atoms with Gasteiger partial charge in [0.1, 0.15) is 12.4 Å². The summed E-state index contributed by atoms with van der Waals surface area (Å²) in [5.74, 6) is 4.92. The summed E-state index contributed by atoms with van der Waals surface area (Å²) in [4.78, 5) is 22.7. The molecule has 0 N–H and O–H groups in total. The summed E-state index contributed by atoms with van der Waals surface area (Å²) >= 11 is 0. The van der Waals surface area contributed by atoms with Crippen molar-refractivity contribution in [2.24, 2.45) is 46.3 Å². The van der Waals surface area contributed by atoms with E-state index in [1.54, 1.807) is 5.57 Å². The second kappa shape index (κ2) is 10.5. The molecular weight excluding hydrogens is 420 g/mol. The molecule has 192 valence electrons. The Morgan fingerprint density at radius 2 is 1.88 bits per heavy atom. The molecule has 8 atom stereocenters. The summed E-state index contributed by atoms with van der Waals surface area (Å²) in [6, 6.07) is 0. The minimum atomic E-state index is -0.206. The van der Waals surface area contributed by atoms with Gasteiger partial charge in [-0.3, -0.25) is 4.79 Å². The highest BCUT2D eigenvalue weighted by atomic mass is 16.5. The molecule has 3 saturated carbocycles. The van der Waals surface area contributed by atoms with Gasteiger partial charge in [-0.05, 0) is 91.3 Å². The van der Waals surface area contributed by atoms with Gasteiger partial charge >= 0.3 is 5.97 Å². The Morgan fingerprint density at radius 3 is 2.62 bits per heavy atom. The van der Waals surface area contributed by atoms with Crippen molar-refractivity contribution in [3.8, 4) is 0 Å². The molecule has 3 fully saturated rings. The molecule has 4 aliphatic carbocycles. The molecule has 0 spiro atoms. The molecule has 0 bridgehead atoms. The smallest absolute Gasteiger partial charge is 0.306 e. The molecule has 4 unspecified atom stereocenters. The van der Waals surface area contributed by atoms with Crippen molar-refractivity contribution in [2.45, 2.75) is 124 Å². The van der Waals surface area contributed by atoms with Gasteiger partial charge in [0.15, 0.2) is 0 Å². The molecule has 3 nitrogen and oxygen atoms in total. The van der Waals surface area contributed by atoms with Gasteiger partial charge in [-0.15, -0.1) is 0 Å². The number of hydrogen-bond acceptors (Lipinski definition) is 3. The number of carbonyl (C=O) groups is 2. The monoisotopic (exact) mass is 470 g/mol. The molecule has 0 aromatic carbocycles. The van der Waals surface area contributed by atoms with Gasteiger partial charge in [0, 0.05) is 12.8 Å². The van der Waals surface area contributed by atoms with Gasteiger partial charge in [-0.2, -0.15) is 0 Å². The first-order valence-corrected chi connectivity index (χ1v) is 14.5. The zero-order valence-corrected chi connectivity index (χ0v) is 22.6. The van der Waals surface area contributed by atoms with Gasteiger partial charge in [0.25, 0.3) is 0 Å². The van der Waals surface area contributed by atoms with E-state index in [1.807, 2.05) is 0 Å². The molecule has 0 heterocycles. The van der Waals surface area contributed by atoms with E-state index in [0.29, 0.717) is 5.41 Å². The second-order valence-corrected chi connectivity index (χ2v) is 13.3. The topological polar surface area (TPSA) is 43.4 Å². The summed E-state index contributed by atoms with van der Waals surface area (Å²) in [5, 5.41) is 0. The fraction of sp³-hybridized carbons (Fsp3) is 0.871. The van der Waals surface area contributed by atoms with Gasteiger partial charge in [0.05, 0.1) is 6.42 Å². The van der Waals surface area contributed by atoms with Gasteiger partial charge in [-0.25, -0.2) is 0 Å². The van der Waals surface area contributed by atoms with E-state index in [2.05, 4.69) is 40.7 Å². The number of fused-ring (bicyclic) bond motifs is 5. The molecule has 3 heteroatoms. The lowest BCUT2D eigenvalue weighted by molar-refractivity contribution is -0.152. The third-order valence-corrected chi connectivity index (χ3v) is 11.0. The van der Waals surface area contributed by atoms with Crippen LogP contribution in [0.2, 0.25) is 0 Å². The zero-order chi connectivity index (χ0) is 24.5. The highest BCUT2D eigenvalue weighted by Crippen LogP contribution is 2.67. The van der Waals surface area contributed by atoms with Crippen LogP contribution < -0.4 is 0 Å². The number of allylic oxidation sites excluding steroid dienone is 1. The standard InChI is InChI=1S/C31H50O3/c1-21(2)8-6-9-22(3)26-13-14-27-25-12-11-23-20-24(34-29(33)10-7-19-32)15-17-30(23,4)28(25)16-18-31(26,27)5/h11,19,21-22,24-28H,6-10,12-18,20H2,1-5H3/t22-,24?,25?,26-,27?,28?,30+,31-/m1/s1. The Hall–Kier alpha value is -1.12. The average Bonchev–Trinajstić information content (AvgIpc) is 3.15. The number of hydrogen-bond donors (Lipinski definition) is 0. The number of esters is 1. The van der Waals surface area contributed by atoms with Gasteiger partial charge in [-0.1, -0.05) is 65.5 Å². The second-order valence-electron chi connectivity index (χ2n) is 13.3. The van der Waals surface area contributed by atoms with E-state index in [0.717, 1.165) is 61.1 Å². The molecule has 34 heavy (non-hydrogen) atoms. The van der Waals surface area contributed by atoms with Crippen molar-refractivity contribution in [1.29, 1.82) is 0 Å². The van der Waals surface area contributed by atoms with Gasteiger partial charge < -0.3 is 9.53 Å². The number of carbonyl (C=O) groups excluding carboxylic acids is 2. The Kier molecular flexibility index (Phi) is 7.99. The molecular formula is C31H50O3. The van der Waals surface area contributed by atoms with Crippen LogP contribution in [0, 0.1) is 46.3 Å². The van der Waals surface area contributed by atoms with E-state index >= 15 is 0 Å². The Balaban J connectivity index is 1.42. The average molecular weight is 471 g/mol. The van der Waals surface area contributed by atoms with Crippen LogP contribution in [-0.2, 0) is 14.3 Å². The maximum absolute atomic E-state index is 12.1. The first kappa shape index (κ1) is 26.0. The summed E-state index contributed by atoms with van der Waals surface area (Å²) in [6.07, 6.45) is 18.0. The minimum absolute atomic E-state index is 0.00596. The third kappa shape index (κ3) is 4.92. The predicted octanol–water partition coefficient (Wildman–Crippen LogP) is 7.92. The fourth-order valence-electron chi connectivity index (χ4n) is 9.17. The first-order chi connectivity index (χ1) is 16.2.